The van der Waals surface area contributed by atoms with E-state index in [0.717, 1.165) is 22.5 Å². The maximum absolute atomic E-state index is 12.3. The number of hydrogen-bond acceptors (Lipinski definition) is 6. The summed E-state index contributed by atoms with van der Waals surface area (Å²) in [5, 5.41) is 7.84. The Labute approximate surface area is 156 Å². The van der Waals surface area contributed by atoms with Gasteiger partial charge in [0.05, 0.1) is 18.6 Å². The number of carbonyl (C=O) groups excluding carboxylic acids is 1. The first kappa shape index (κ1) is 18.2. The summed E-state index contributed by atoms with van der Waals surface area (Å²) in [6.07, 6.45) is 0. The normalized spacial score (nSPS) is 11.0. The lowest BCUT2D eigenvalue weighted by Gasteiger charge is -2.10. The van der Waals surface area contributed by atoms with Crippen molar-refractivity contribution < 1.29 is 9.53 Å². The van der Waals surface area contributed by atoms with Crippen LogP contribution in [-0.2, 0) is 4.79 Å². The average Bonchev–Trinajstić information content (AvgIpc) is 3.01. The Morgan fingerprint density at radius 1 is 1.23 bits per heavy atom. The zero-order valence-corrected chi connectivity index (χ0v) is 16.3. The van der Waals surface area contributed by atoms with Crippen LogP contribution in [0.1, 0.15) is 22.5 Å². The molecule has 0 atom stereocenters. The van der Waals surface area contributed by atoms with Crippen molar-refractivity contribution in [2.24, 2.45) is 0 Å². The van der Waals surface area contributed by atoms with Crippen LogP contribution in [0.2, 0.25) is 0 Å². The summed E-state index contributed by atoms with van der Waals surface area (Å²) >= 11 is 1.28. The van der Waals surface area contributed by atoms with Crippen LogP contribution in [0.25, 0.3) is 5.78 Å². The molecule has 26 heavy (non-hydrogen) atoms. The highest BCUT2D eigenvalue weighted by Crippen LogP contribution is 2.25. The SMILES string of the molecule is COc1ccc(C)cc1NC(=O)CSc1nc2nc(C)c(C)c(C)n2n1. The highest BCUT2D eigenvalue weighted by molar-refractivity contribution is 7.99. The average molecular weight is 371 g/mol. The topological polar surface area (TPSA) is 81.4 Å². The van der Waals surface area contributed by atoms with Crippen molar-refractivity contribution >= 4 is 29.1 Å². The Balaban J connectivity index is 1.71. The summed E-state index contributed by atoms with van der Waals surface area (Å²) in [7, 11) is 1.58. The number of carbonyl (C=O) groups is 1. The molecule has 0 unspecified atom stereocenters. The van der Waals surface area contributed by atoms with Crippen molar-refractivity contribution in [1.29, 1.82) is 0 Å². The van der Waals surface area contributed by atoms with E-state index in [1.54, 1.807) is 11.6 Å². The van der Waals surface area contributed by atoms with Gasteiger partial charge in [0.1, 0.15) is 5.75 Å². The quantitative estimate of drug-likeness (QED) is 0.694. The van der Waals surface area contributed by atoms with Gasteiger partial charge in [0.15, 0.2) is 0 Å². The third-order valence-electron chi connectivity index (χ3n) is 4.20. The Morgan fingerprint density at radius 2 is 2.00 bits per heavy atom. The fourth-order valence-corrected chi connectivity index (χ4v) is 3.15. The molecule has 3 rings (SSSR count). The molecule has 1 aromatic carbocycles. The number of anilines is 1. The van der Waals surface area contributed by atoms with Crippen molar-refractivity contribution in [1.82, 2.24) is 19.6 Å². The van der Waals surface area contributed by atoms with Crippen LogP contribution >= 0.6 is 11.8 Å². The molecule has 1 amide bonds. The lowest BCUT2D eigenvalue weighted by molar-refractivity contribution is -0.113. The van der Waals surface area contributed by atoms with Crippen LogP contribution in [0.15, 0.2) is 23.4 Å². The van der Waals surface area contributed by atoms with Crippen molar-refractivity contribution in [3.63, 3.8) is 0 Å². The van der Waals surface area contributed by atoms with E-state index in [-0.39, 0.29) is 11.7 Å². The molecule has 136 valence electrons. The summed E-state index contributed by atoms with van der Waals surface area (Å²) in [6, 6.07) is 5.65. The van der Waals surface area contributed by atoms with Crippen molar-refractivity contribution in [3.8, 4) is 5.75 Å². The third-order valence-corrected chi connectivity index (χ3v) is 5.04. The van der Waals surface area contributed by atoms with Gasteiger partial charge in [-0.3, -0.25) is 4.79 Å². The maximum atomic E-state index is 12.3. The van der Waals surface area contributed by atoms with Gasteiger partial charge in [-0.2, -0.15) is 4.98 Å². The van der Waals surface area contributed by atoms with Crippen molar-refractivity contribution in [2.75, 3.05) is 18.2 Å². The Bertz CT molecular complexity index is 983. The second kappa shape index (κ2) is 7.33. The van der Waals surface area contributed by atoms with Gasteiger partial charge in [-0.15, -0.1) is 5.10 Å². The van der Waals surface area contributed by atoms with E-state index >= 15 is 0 Å². The zero-order chi connectivity index (χ0) is 18.8. The number of amides is 1. The standard InChI is InChI=1S/C18H21N5O2S/c1-10-6-7-15(25-5)14(8-10)20-16(24)9-26-18-21-17-19-12(3)11(2)13(4)23(17)22-18/h6-8H,9H2,1-5H3,(H,20,24). The first-order valence-corrected chi connectivity index (χ1v) is 9.15. The molecule has 0 radical (unpaired) electrons. The number of hydrogen-bond donors (Lipinski definition) is 1. The number of nitrogens with zero attached hydrogens (tertiary/aromatic N) is 4. The van der Waals surface area contributed by atoms with E-state index in [4.69, 9.17) is 4.74 Å². The summed E-state index contributed by atoms with van der Waals surface area (Å²) in [4.78, 5) is 21.1. The first-order chi connectivity index (χ1) is 12.4. The van der Waals surface area contributed by atoms with Crippen LogP contribution in [-0.4, -0.2) is 38.4 Å². The van der Waals surface area contributed by atoms with Crippen LogP contribution in [0, 0.1) is 27.7 Å². The third kappa shape index (κ3) is 3.65. The number of methoxy groups -OCH3 is 1. The van der Waals surface area contributed by atoms with Crippen LogP contribution in [0.5, 0.6) is 5.75 Å². The molecule has 0 spiro atoms. The van der Waals surface area contributed by atoms with Gasteiger partial charge in [-0.05, 0) is 51.0 Å². The number of aromatic nitrogens is 4. The fourth-order valence-electron chi connectivity index (χ4n) is 2.53. The molecule has 0 saturated heterocycles. The monoisotopic (exact) mass is 371 g/mol. The summed E-state index contributed by atoms with van der Waals surface area (Å²) in [5.41, 5.74) is 4.72. The Kier molecular flexibility index (Phi) is 5.13. The predicted molar refractivity (Wildman–Crippen MR) is 102 cm³/mol. The molecule has 0 saturated carbocycles. The van der Waals surface area contributed by atoms with Gasteiger partial charge in [0.25, 0.3) is 5.78 Å². The maximum Gasteiger partial charge on any atom is 0.253 e. The van der Waals surface area contributed by atoms with Gasteiger partial charge in [0, 0.05) is 11.4 Å². The number of aryl methyl sites for hydroxylation is 3. The molecule has 3 aromatic rings. The predicted octanol–water partition coefficient (Wildman–Crippen LogP) is 3.10. The lowest BCUT2D eigenvalue weighted by Crippen LogP contribution is -2.15. The minimum atomic E-state index is -0.144. The highest BCUT2D eigenvalue weighted by atomic mass is 32.2. The smallest absolute Gasteiger partial charge is 0.253 e. The zero-order valence-electron chi connectivity index (χ0n) is 15.5. The van der Waals surface area contributed by atoms with Crippen LogP contribution < -0.4 is 10.1 Å². The minimum Gasteiger partial charge on any atom is -0.495 e. The molecule has 7 nitrogen and oxygen atoms in total. The van der Waals surface area contributed by atoms with E-state index in [1.165, 1.54) is 11.8 Å². The number of nitrogens with one attached hydrogen (secondary N) is 1. The number of rotatable bonds is 5. The molecular weight excluding hydrogens is 350 g/mol. The minimum absolute atomic E-state index is 0.144. The summed E-state index contributed by atoms with van der Waals surface area (Å²) in [5.74, 6) is 1.24. The van der Waals surface area contributed by atoms with Gasteiger partial charge in [-0.25, -0.2) is 9.50 Å². The number of thioether (sulfide) groups is 1. The van der Waals surface area contributed by atoms with Crippen molar-refractivity contribution in [2.45, 2.75) is 32.9 Å². The van der Waals surface area contributed by atoms with E-state index in [1.807, 2.05) is 45.9 Å². The lowest BCUT2D eigenvalue weighted by atomic mass is 10.2. The second-order valence-corrected chi connectivity index (χ2v) is 7.00. The van der Waals surface area contributed by atoms with Crippen LogP contribution in [0.4, 0.5) is 5.69 Å². The molecule has 8 heteroatoms. The van der Waals surface area contributed by atoms with Gasteiger partial charge >= 0.3 is 0 Å². The molecule has 2 heterocycles. The number of fused-ring (bicyclic) bond motifs is 1. The van der Waals surface area contributed by atoms with Gasteiger partial charge in [-0.1, -0.05) is 17.8 Å². The molecule has 0 aliphatic carbocycles. The van der Waals surface area contributed by atoms with Gasteiger partial charge in [0.2, 0.25) is 11.1 Å². The molecule has 1 N–H and O–H groups in total. The van der Waals surface area contributed by atoms with Crippen molar-refractivity contribution in [3.05, 3.63) is 40.7 Å². The Hall–Kier alpha value is -2.61. The molecule has 0 bridgehead atoms. The van der Waals surface area contributed by atoms with E-state index < -0.39 is 0 Å². The second-order valence-electron chi connectivity index (χ2n) is 6.05. The molecule has 2 aromatic heterocycles. The molecule has 0 aliphatic rings. The number of benzene rings is 1. The largest absolute Gasteiger partial charge is 0.495 e. The summed E-state index contributed by atoms with van der Waals surface area (Å²) < 4.78 is 7.00. The number of ether oxygens (including phenoxy) is 1. The van der Waals surface area contributed by atoms with E-state index in [2.05, 4.69) is 20.4 Å². The first-order valence-electron chi connectivity index (χ1n) is 8.17. The van der Waals surface area contributed by atoms with E-state index in [0.29, 0.717) is 22.4 Å². The highest BCUT2D eigenvalue weighted by Gasteiger charge is 2.13. The molecule has 0 fully saturated rings. The van der Waals surface area contributed by atoms with Crippen LogP contribution in [0.3, 0.4) is 0 Å². The molecular formula is C18H21N5O2S. The van der Waals surface area contributed by atoms with E-state index in [9.17, 15) is 4.79 Å². The molecule has 0 aliphatic heterocycles. The van der Waals surface area contributed by atoms with Gasteiger partial charge < -0.3 is 10.1 Å². The summed E-state index contributed by atoms with van der Waals surface area (Å²) in [6.45, 7) is 7.90. The Morgan fingerprint density at radius 3 is 2.73 bits per heavy atom. The fraction of sp³-hybridized carbons (Fsp3) is 0.333.